The van der Waals surface area contributed by atoms with Crippen LogP contribution in [0.5, 0.6) is 5.75 Å². The monoisotopic (exact) mass is 425 g/mol. The number of amides is 1. The molecule has 3 heterocycles. The van der Waals surface area contributed by atoms with Crippen LogP contribution in [0.15, 0.2) is 46.4 Å². The Balaban J connectivity index is 1.76. The zero-order valence-electron chi connectivity index (χ0n) is 17.8. The maximum absolute atomic E-state index is 13.0. The van der Waals surface area contributed by atoms with Crippen LogP contribution in [-0.2, 0) is 14.3 Å². The van der Waals surface area contributed by atoms with E-state index < -0.39 is 17.7 Å². The van der Waals surface area contributed by atoms with Crippen LogP contribution in [0.2, 0.25) is 0 Å². The Kier molecular flexibility index (Phi) is 6.13. The molecule has 1 amide bonds. The molecule has 1 aromatic carbocycles. The number of likely N-dealkylation sites (tertiary alicyclic amines) is 1. The van der Waals surface area contributed by atoms with Gasteiger partial charge in [0.25, 0.3) is 11.7 Å². The van der Waals surface area contributed by atoms with E-state index in [0.29, 0.717) is 36.0 Å². The highest BCUT2D eigenvalue weighted by atomic mass is 16.5. The average Bonchev–Trinajstić information content (AvgIpc) is 3.49. The predicted molar refractivity (Wildman–Crippen MR) is 114 cm³/mol. The lowest BCUT2D eigenvalue weighted by atomic mass is 9.99. The zero-order chi connectivity index (χ0) is 22.0. The van der Waals surface area contributed by atoms with Crippen molar-refractivity contribution >= 4 is 17.4 Å². The van der Waals surface area contributed by atoms with Gasteiger partial charge in [-0.1, -0.05) is 19.1 Å². The van der Waals surface area contributed by atoms with E-state index in [-0.39, 0.29) is 24.0 Å². The molecule has 0 spiro atoms. The lowest BCUT2D eigenvalue weighted by molar-refractivity contribution is -0.141. The normalized spacial score (nSPS) is 23.0. The number of benzene rings is 1. The first kappa shape index (κ1) is 21.2. The molecule has 2 fully saturated rings. The van der Waals surface area contributed by atoms with E-state index in [2.05, 4.69) is 0 Å². The molecule has 2 atom stereocenters. The maximum Gasteiger partial charge on any atom is 0.295 e. The number of hydrogen-bond acceptors (Lipinski definition) is 6. The number of rotatable bonds is 7. The third-order valence-electron chi connectivity index (χ3n) is 5.58. The number of aryl methyl sites for hydroxylation is 1. The van der Waals surface area contributed by atoms with Gasteiger partial charge in [-0.15, -0.1) is 0 Å². The van der Waals surface area contributed by atoms with Crippen LogP contribution < -0.4 is 4.74 Å². The lowest BCUT2D eigenvalue weighted by Crippen LogP contribution is -2.36. The number of nitrogens with zero attached hydrogens (tertiary/aromatic N) is 1. The van der Waals surface area contributed by atoms with Crippen molar-refractivity contribution in [1.82, 2.24) is 4.90 Å². The second-order valence-electron chi connectivity index (χ2n) is 7.91. The van der Waals surface area contributed by atoms with Crippen LogP contribution in [0, 0.1) is 6.92 Å². The fourth-order valence-electron chi connectivity index (χ4n) is 4.08. The van der Waals surface area contributed by atoms with Crippen molar-refractivity contribution in [1.29, 1.82) is 0 Å². The van der Waals surface area contributed by atoms with Crippen LogP contribution in [0.4, 0.5) is 0 Å². The highest BCUT2D eigenvalue weighted by Gasteiger charge is 2.48. The van der Waals surface area contributed by atoms with Crippen molar-refractivity contribution in [2.45, 2.75) is 45.3 Å². The summed E-state index contributed by atoms with van der Waals surface area (Å²) in [6.45, 7) is 5.26. The van der Waals surface area contributed by atoms with Crippen molar-refractivity contribution < 1.29 is 28.6 Å². The van der Waals surface area contributed by atoms with E-state index in [4.69, 9.17) is 13.9 Å². The van der Waals surface area contributed by atoms with E-state index >= 15 is 0 Å². The van der Waals surface area contributed by atoms with Gasteiger partial charge in [-0.3, -0.25) is 9.59 Å². The third-order valence-corrected chi connectivity index (χ3v) is 5.58. The van der Waals surface area contributed by atoms with Gasteiger partial charge in [0, 0.05) is 18.7 Å². The topological polar surface area (TPSA) is 89.2 Å². The van der Waals surface area contributed by atoms with Crippen molar-refractivity contribution in [3.63, 3.8) is 0 Å². The van der Waals surface area contributed by atoms with Crippen molar-refractivity contribution in [3.05, 3.63) is 59.1 Å². The first-order valence-corrected chi connectivity index (χ1v) is 10.7. The molecular formula is C24H27NO6. The molecule has 164 valence electrons. The summed E-state index contributed by atoms with van der Waals surface area (Å²) in [4.78, 5) is 27.4. The van der Waals surface area contributed by atoms with E-state index in [1.165, 1.54) is 4.90 Å². The molecular weight excluding hydrogens is 398 g/mol. The number of aliphatic hydroxyl groups excluding tert-OH is 1. The molecule has 0 radical (unpaired) electrons. The number of hydrogen-bond donors (Lipinski definition) is 1. The van der Waals surface area contributed by atoms with Crippen molar-refractivity contribution in [2.24, 2.45) is 0 Å². The van der Waals surface area contributed by atoms with Gasteiger partial charge in [0.2, 0.25) is 0 Å². The third kappa shape index (κ3) is 4.23. The second kappa shape index (κ2) is 8.98. The number of Topliss-reactive ketones (excluding diaryl/α,β-unsaturated/α-hetero) is 1. The standard InChI is InChI=1S/C24H27NO6/c1-3-11-29-17-7-4-6-16(13-17)22(26)20-21(19-10-9-15(2)31-19)25(24(28)23(20)27)14-18-8-5-12-30-18/h4,6-7,9-10,13,18,21,26H,3,5,8,11-12,14H2,1-2H3/b22-20-. The molecule has 0 bridgehead atoms. The maximum atomic E-state index is 13.0. The summed E-state index contributed by atoms with van der Waals surface area (Å²) in [5.41, 5.74) is 0.432. The van der Waals surface area contributed by atoms with Gasteiger partial charge < -0.3 is 23.9 Å². The van der Waals surface area contributed by atoms with Gasteiger partial charge in [-0.2, -0.15) is 0 Å². The van der Waals surface area contributed by atoms with Gasteiger partial charge in [-0.25, -0.2) is 0 Å². The largest absolute Gasteiger partial charge is 0.507 e. The molecule has 2 aliphatic heterocycles. The minimum atomic E-state index is -0.807. The molecule has 0 saturated carbocycles. The molecule has 1 N–H and O–H groups in total. The lowest BCUT2D eigenvalue weighted by Gasteiger charge is -2.25. The number of ketones is 1. The van der Waals surface area contributed by atoms with Crippen LogP contribution in [-0.4, -0.2) is 47.6 Å². The summed E-state index contributed by atoms with van der Waals surface area (Å²) < 4.78 is 17.1. The number of aliphatic hydroxyl groups is 1. The average molecular weight is 425 g/mol. The number of ether oxygens (including phenoxy) is 2. The van der Waals surface area contributed by atoms with Gasteiger partial charge in [0.1, 0.15) is 29.1 Å². The summed E-state index contributed by atoms with van der Waals surface area (Å²) in [6.07, 6.45) is 2.46. The Morgan fingerprint density at radius 1 is 1.26 bits per heavy atom. The Morgan fingerprint density at radius 3 is 2.77 bits per heavy atom. The van der Waals surface area contributed by atoms with Crippen LogP contribution in [0.1, 0.15) is 49.3 Å². The molecule has 4 rings (SSSR count). The Labute approximate surface area is 181 Å². The summed E-state index contributed by atoms with van der Waals surface area (Å²) in [5.74, 6) is 0.0605. The number of furan rings is 1. The first-order chi connectivity index (χ1) is 15.0. The molecule has 2 saturated heterocycles. The molecule has 2 aliphatic rings. The summed E-state index contributed by atoms with van der Waals surface area (Å²) in [7, 11) is 0. The van der Waals surface area contributed by atoms with Crippen LogP contribution in [0.25, 0.3) is 5.76 Å². The molecule has 0 aliphatic carbocycles. The molecule has 7 heteroatoms. The Morgan fingerprint density at radius 2 is 2.10 bits per heavy atom. The fourth-order valence-corrected chi connectivity index (χ4v) is 4.08. The van der Waals surface area contributed by atoms with Gasteiger partial charge >= 0.3 is 0 Å². The molecule has 7 nitrogen and oxygen atoms in total. The molecule has 1 aromatic heterocycles. The van der Waals surface area contributed by atoms with E-state index in [1.54, 1.807) is 43.3 Å². The molecule has 2 aromatic rings. The van der Waals surface area contributed by atoms with Crippen LogP contribution >= 0.6 is 0 Å². The number of carbonyl (C=O) groups is 2. The van der Waals surface area contributed by atoms with Gasteiger partial charge in [0.05, 0.1) is 18.3 Å². The minimum absolute atomic E-state index is 0.0185. The first-order valence-electron chi connectivity index (χ1n) is 10.7. The SMILES string of the molecule is CCCOc1cccc(/C(O)=C2/C(=O)C(=O)N(CC3CCCO3)C2c2ccc(C)o2)c1. The Hall–Kier alpha value is -3.06. The molecule has 31 heavy (non-hydrogen) atoms. The zero-order valence-corrected chi connectivity index (χ0v) is 17.8. The summed E-state index contributed by atoms with van der Waals surface area (Å²) in [6, 6.07) is 9.60. The van der Waals surface area contributed by atoms with Crippen molar-refractivity contribution in [3.8, 4) is 5.75 Å². The predicted octanol–water partition coefficient (Wildman–Crippen LogP) is 3.98. The number of carbonyl (C=O) groups excluding carboxylic acids is 2. The Bertz CT molecular complexity index is 1000. The fraction of sp³-hybridized carbons (Fsp3) is 0.417. The van der Waals surface area contributed by atoms with E-state index in [9.17, 15) is 14.7 Å². The quantitative estimate of drug-likeness (QED) is 0.410. The van der Waals surface area contributed by atoms with E-state index in [0.717, 1.165) is 19.3 Å². The minimum Gasteiger partial charge on any atom is -0.507 e. The molecule has 2 unspecified atom stereocenters. The summed E-state index contributed by atoms with van der Waals surface area (Å²) >= 11 is 0. The van der Waals surface area contributed by atoms with E-state index in [1.807, 2.05) is 6.92 Å². The van der Waals surface area contributed by atoms with Gasteiger partial charge in [0.15, 0.2) is 0 Å². The van der Waals surface area contributed by atoms with Gasteiger partial charge in [-0.05, 0) is 50.5 Å². The smallest absolute Gasteiger partial charge is 0.295 e. The highest BCUT2D eigenvalue weighted by Crippen LogP contribution is 2.41. The van der Waals surface area contributed by atoms with Crippen molar-refractivity contribution in [2.75, 3.05) is 19.8 Å². The highest BCUT2D eigenvalue weighted by molar-refractivity contribution is 6.46. The van der Waals surface area contributed by atoms with Crippen LogP contribution in [0.3, 0.4) is 0 Å². The summed E-state index contributed by atoms with van der Waals surface area (Å²) in [5, 5.41) is 11.1. The second-order valence-corrected chi connectivity index (χ2v) is 7.91.